The Hall–Kier alpha value is -3.99. The molecule has 0 aliphatic carbocycles. The maximum atomic E-state index is 12.2. The van der Waals surface area contributed by atoms with Gasteiger partial charge < -0.3 is 21.1 Å². The van der Waals surface area contributed by atoms with Crippen LogP contribution in [0.15, 0.2) is 66.9 Å². The smallest absolute Gasteiger partial charge is 0.475 e. The molecule has 0 radical (unpaired) electrons. The number of nitrogens with zero attached hydrogens (tertiary/aromatic N) is 3. The minimum Gasteiger partial charge on any atom is -0.475 e. The number of carboxylic acids is 1. The van der Waals surface area contributed by atoms with Gasteiger partial charge in [0.25, 0.3) is 0 Å². The first kappa shape index (κ1) is 26.6. The summed E-state index contributed by atoms with van der Waals surface area (Å²) in [5.74, 6) is -2.94. The average Bonchev–Trinajstić information content (AvgIpc) is 3.26. The second-order valence-electron chi connectivity index (χ2n) is 8.16. The van der Waals surface area contributed by atoms with Crippen LogP contribution < -0.4 is 16.0 Å². The first-order chi connectivity index (χ1) is 17.1. The molecule has 8 nitrogen and oxygen atoms in total. The summed E-state index contributed by atoms with van der Waals surface area (Å²) in [6.07, 6.45) is -2.01. The Kier molecular flexibility index (Phi) is 8.96. The van der Waals surface area contributed by atoms with Gasteiger partial charge in [0.2, 0.25) is 5.91 Å². The van der Waals surface area contributed by atoms with Crippen LogP contribution in [0, 0.1) is 0 Å². The average molecular weight is 502 g/mol. The van der Waals surface area contributed by atoms with E-state index in [2.05, 4.69) is 68.9 Å². The lowest BCUT2D eigenvalue weighted by molar-refractivity contribution is -0.192. The van der Waals surface area contributed by atoms with Crippen LogP contribution in [0.2, 0.25) is 0 Å². The summed E-state index contributed by atoms with van der Waals surface area (Å²) in [5.41, 5.74) is 11.8. The predicted octanol–water partition coefficient (Wildman–Crippen LogP) is 2.86. The Balaban J connectivity index is 0.000000454. The van der Waals surface area contributed by atoms with Gasteiger partial charge in [-0.25, -0.2) is 4.79 Å². The van der Waals surface area contributed by atoms with Gasteiger partial charge in [-0.15, -0.1) is 0 Å². The molecule has 0 spiro atoms. The second-order valence-corrected chi connectivity index (χ2v) is 8.16. The molecular formula is C25H26F3N5O3. The molecule has 0 fully saturated rings. The number of carbonyl (C=O) groups excluding carboxylic acids is 1. The number of nitrogens with one attached hydrogen (secondary N) is 1. The third kappa shape index (κ3) is 7.77. The molecule has 0 saturated carbocycles. The highest BCUT2D eigenvalue weighted by atomic mass is 19.4. The molecule has 1 amide bonds. The molecule has 4 N–H and O–H groups in total. The molecule has 1 atom stereocenters. The van der Waals surface area contributed by atoms with E-state index in [9.17, 15) is 18.0 Å². The molecular weight excluding hydrogens is 475 g/mol. The summed E-state index contributed by atoms with van der Waals surface area (Å²) in [6.45, 7) is 2.41. The summed E-state index contributed by atoms with van der Waals surface area (Å²) in [7, 11) is 0. The molecule has 11 heteroatoms. The second kappa shape index (κ2) is 12.1. The van der Waals surface area contributed by atoms with Crippen molar-refractivity contribution in [2.24, 2.45) is 5.73 Å². The van der Waals surface area contributed by atoms with Gasteiger partial charge in [0.1, 0.15) is 0 Å². The first-order valence-corrected chi connectivity index (χ1v) is 11.1. The van der Waals surface area contributed by atoms with Crippen molar-refractivity contribution in [3.8, 4) is 0 Å². The molecule has 0 bridgehead atoms. The number of amides is 1. The van der Waals surface area contributed by atoms with Crippen molar-refractivity contribution < 1.29 is 27.9 Å². The molecule has 1 aliphatic rings. The van der Waals surface area contributed by atoms with Gasteiger partial charge >= 0.3 is 12.1 Å². The van der Waals surface area contributed by atoms with E-state index < -0.39 is 18.2 Å². The molecule has 36 heavy (non-hydrogen) atoms. The van der Waals surface area contributed by atoms with E-state index >= 15 is 0 Å². The number of aromatic nitrogens is 2. The molecule has 3 aromatic rings. The summed E-state index contributed by atoms with van der Waals surface area (Å²) >= 11 is 0. The lowest BCUT2D eigenvalue weighted by atomic mass is 10.1. The van der Waals surface area contributed by atoms with E-state index in [1.807, 2.05) is 6.07 Å². The molecule has 2 heterocycles. The number of alkyl halides is 3. The van der Waals surface area contributed by atoms with Crippen LogP contribution in [0.3, 0.4) is 0 Å². The van der Waals surface area contributed by atoms with Crippen LogP contribution in [0.5, 0.6) is 0 Å². The Labute approximate surface area is 206 Å². The van der Waals surface area contributed by atoms with Crippen molar-refractivity contribution in [1.29, 1.82) is 0 Å². The number of rotatable bonds is 7. The first-order valence-electron chi connectivity index (χ1n) is 11.1. The Morgan fingerprint density at radius 3 is 2.36 bits per heavy atom. The van der Waals surface area contributed by atoms with Crippen LogP contribution in [0.1, 0.15) is 22.4 Å². The number of aliphatic carboxylic acids is 1. The van der Waals surface area contributed by atoms with Crippen molar-refractivity contribution in [3.63, 3.8) is 0 Å². The zero-order valence-corrected chi connectivity index (χ0v) is 19.3. The molecule has 1 aromatic heterocycles. The molecule has 1 aliphatic heterocycles. The Morgan fingerprint density at radius 1 is 1.06 bits per heavy atom. The zero-order valence-electron chi connectivity index (χ0n) is 19.3. The number of halogens is 3. The van der Waals surface area contributed by atoms with E-state index in [1.165, 1.54) is 16.8 Å². The number of fused-ring (bicyclic) bond motifs is 1. The number of hydrogen-bond donors (Lipinski definition) is 3. The third-order valence-electron chi connectivity index (χ3n) is 5.48. The number of nitrogens with two attached hydrogens (primary N) is 1. The van der Waals surface area contributed by atoms with Crippen LogP contribution in [0.25, 0.3) is 0 Å². The monoisotopic (exact) mass is 501 g/mol. The number of benzene rings is 2. The number of carbonyl (C=O) groups is 2. The highest BCUT2D eigenvalue weighted by Crippen LogP contribution is 2.28. The van der Waals surface area contributed by atoms with E-state index in [-0.39, 0.29) is 5.91 Å². The summed E-state index contributed by atoms with van der Waals surface area (Å²) < 4.78 is 31.7. The van der Waals surface area contributed by atoms with Crippen molar-refractivity contribution in [2.75, 3.05) is 11.4 Å². The summed E-state index contributed by atoms with van der Waals surface area (Å²) in [6, 6.07) is 19.9. The van der Waals surface area contributed by atoms with Crippen LogP contribution in [-0.2, 0) is 35.5 Å². The maximum Gasteiger partial charge on any atom is 0.490 e. The van der Waals surface area contributed by atoms with Gasteiger partial charge in [-0.3, -0.25) is 4.79 Å². The van der Waals surface area contributed by atoms with Crippen molar-refractivity contribution >= 4 is 17.6 Å². The van der Waals surface area contributed by atoms with Crippen molar-refractivity contribution in [3.05, 3.63) is 89.2 Å². The number of para-hydroxylation sites is 1. The largest absolute Gasteiger partial charge is 0.490 e. The molecule has 190 valence electrons. The van der Waals surface area contributed by atoms with E-state index in [1.54, 1.807) is 12.3 Å². The minimum absolute atomic E-state index is 0.187. The summed E-state index contributed by atoms with van der Waals surface area (Å²) in [4.78, 5) is 23.6. The van der Waals surface area contributed by atoms with Crippen LogP contribution >= 0.6 is 0 Å². The highest BCUT2D eigenvalue weighted by Gasteiger charge is 2.38. The van der Waals surface area contributed by atoms with E-state index in [4.69, 9.17) is 15.6 Å². The van der Waals surface area contributed by atoms with E-state index in [0.717, 1.165) is 25.1 Å². The van der Waals surface area contributed by atoms with Gasteiger partial charge in [0.15, 0.2) is 0 Å². The van der Waals surface area contributed by atoms with Crippen molar-refractivity contribution in [1.82, 2.24) is 15.5 Å². The SMILES string of the molecule is NC(Cc1cccnn1)C(=O)NCc1ccc(CN2CCc3ccccc32)cc1.O=C(O)C(F)(F)F. The van der Waals surface area contributed by atoms with Gasteiger partial charge in [0.05, 0.1) is 11.7 Å². The molecule has 2 aromatic carbocycles. The van der Waals surface area contributed by atoms with Crippen molar-refractivity contribution in [2.45, 2.75) is 38.1 Å². The lowest BCUT2D eigenvalue weighted by Gasteiger charge is -2.19. The minimum atomic E-state index is -5.08. The summed E-state index contributed by atoms with van der Waals surface area (Å²) in [5, 5.41) is 17.8. The number of anilines is 1. The fourth-order valence-corrected chi connectivity index (χ4v) is 3.63. The molecule has 1 unspecified atom stereocenters. The predicted molar refractivity (Wildman–Crippen MR) is 127 cm³/mol. The fraction of sp³-hybridized carbons (Fsp3) is 0.280. The molecule has 0 saturated heterocycles. The quantitative estimate of drug-likeness (QED) is 0.455. The van der Waals surface area contributed by atoms with Gasteiger partial charge in [-0.2, -0.15) is 23.4 Å². The maximum absolute atomic E-state index is 12.2. The third-order valence-corrected chi connectivity index (χ3v) is 5.48. The van der Waals surface area contributed by atoms with Crippen LogP contribution in [0.4, 0.5) is 18.9 Å². The van der Waals surface area contributed by atoms with Crippen LogP contribution in [-0.4, -0.2) is 45.9 Å². The molecule has 4 rings (SSSR count). The Bertz CT molecular complexity index is 1160. The normalized spacial score (nSPS) is 13.3. The van der Waals surface area contributed by atoms with E-state index in [0.29, 0.717) is 18.7 Å². The number of hydrogen-bond acceptors (Lipinski definition) is 6. The standard InChI is InChI=1S/C23H25N5O.C2HF3O2/c24-21(14-20-5-3-12-26-27-20)23(29)25-15-17-7-9-18(10-8-17)16-28-13-11-19-4-1-2-6-22(19)28;3-2(4,5)1(6)7/h1-10,12,21H,11,13-16,24H2,(H,25,29);(H,6,7). The van der Waals surface area contributed by atoms with Gasteiger partial charge in [-0.1, -0.05) is 42.5 Å². The number of carboxylic acid groups (broad SMARTS) is 1. The highest BCUT2D eigenvalue weighted by molar-refractivity contribution is 5.81. The topological polar surface area (TPSA) is 121 Å². The fourth-order valence-electron chi connectivity index (χ4n) is 3.63. The Morgan fingerprint density at radius 2 is 1.72 bits per heavy atom. The lowest BCUT2D eigenvalue weighted by Crippen LogP contribution is -2.41. The zero-order chi connectivity index (χ0) is 26.1. The van der Waals surface area contributed by atoms with Gasteiger partial charge in [0, 0.05) is 37.9 Å². The van der Waals surface area contributed by atoms with Gasteiger partial charge in [-0.05, 0) is 41.3 Å².